The molecule has 88 valence electrons. The molecule has 0 saturated carbocycles. The molecule has 2 N–H and O–H groups in total. The van der Waals surface area contributed by atoms with Gasteiger partial charge in [-0.15, -0.1) is 0 Å². The van der Waals surface area contributed by atoms with Gasteiger partial charge in [-0.2, -0.15) is 0 Å². The first-order chi connectivity index (χ1) is 7.72. The van der Waals surface area contributed by atoms with Crippen LogP contribution in [-0.4, -0.2) is 24.2 Å². The second-order valence-corrected chi connectivity index (χ2v) is 3.94. The lowest BCUT2D eigenvalue weighted by Gasteiger charge is -2.14. The van der Waals surface area contributed by atoms with E-state index >= 15 is 0 Å². The smallest absolute Gasteiger partial charge is 0.303 e. The third-order valence-corrected chi connectivity index (χ3v) is 2.74. The molecular weight excluding hydrogens is 202 g/mol. The SMILES string of the molecule is CNC(CCC(=O)O)CCc1ccccc1. The second kappa shape index (κ2) is 7.01. The fourth-order valence-electron chi connectivity index (χ4n) is 1.72. The van der Waals surface area contributed by atoms with Crippen LogP contribution in [0.4, 0.5) is 0 Å². The fourth-order valence-corrected chi connectivity index (χ4v) is 1.72. The number of hydrogen-bond donors (Lipinski definition) is 2. The molecule has 1 aromatic carbocycles. The van der Waals surface area contributed by atoms with Gasteiger partial charge in [0.1, 0.15) is 0 Å². The van der Waals surface area contributed by atoms with Crippen molar-refractivity contribution in [3.63, 3.8) is 0 Å². The molecule has 0 aromatic heterocycles. The van der Waals surface area contributed by atoms with Crippen LogP contribution < -0.4 is 5.32 Å². The van der Waals surface area contributed by atoms with Gasteiger partial charge in [-0.3, -0.25) is 4.79 Å². The Bertz CT molecular complexity index is 311. The van der Waals surface area contributed by atoms with Crippen molar-refractivity contribution >= 4 is 5.97 Å². The third kappa shape index (κ3) is 4.94. The first-order valence-corrected chi connectivity index (χ1v) is 5.65. The summed E-state index contributed by atoms with van der Waals surface area (Å²) in [6, 6.07) is 10.6. The summed E-state index contributed by atoms with van der Waals surface area (Å²) in [4.78, 5) is 10.5. The lowest BCUT2D eigenvalue weighted by atomic mass is 10.0. The van der Waals surface area contributed by atoms with Gasteiger partial charge in [-0.25, -0.2) is 0 Å². The number of benzene rings is 1. The fraction of sp³-hybridized carbons (Fsp3) is 0.462. The van der Waals surface area contributed by atoms with Gasteiger partial charge in [0.05, 0.1) is 0 Å². The maximum absolute atomic E-state index is 10.5. The molecule has 0 saturated heterocycles. The van der Waals surface area contributed by atoms with E-state index in [1.54, 1.807) is 0 Å². The molecule has 1 unspecified atom stereocenters. The topological polar surface area (TPSA) is 49.3 Å². The Morgan fingerprint density at radius 3 is 2.56 bits per heavy atom. The van der Waals surface area contributed by atoms with E-state index < -0.39 is 5.97 Å². The van der Waals surface area contributed by atoms with Crippen LogP contribution in [-0.2, 0) is 11.2 Å². The highest BCUT2D eigenvalue weighted by atomic mass is 16.4. The number of carboxylic acids is 1. The zero-order valence-electron chi connectivity index (χ0n) is 9.65. The molecule has 1 rings (SSSR count). The van der Waals surface area contributed by atoms with Gasteiger partial charge in [0, 0.05) is 12.5 Å². The largest absolute Gasteiger partial charge is 0.481 e. The number of carboxylic acid groups (broad SMARTS) is 1. The molecule has 1 atom stereocenters. The van der Waals surface area contributed by atoms with E-state index in [1.807, 2.05) is 25.2 Å². The number of aryl methyl sites for hydroxylation is 1. The van der Waals surface area contributed by atoms with Gasteiger partial charge in [0.15, 0.2) is 0 Å². The van der Waals surface area contributed by atoms with Crippen molar-refractivity contribution in [2.75, 3.05) is 7.05 Å². The first-order valence-electron chi connectivity index (χ1n) is 5.65. The molecular formula is C13H19NO2. The van der Waals surface area contributed by atoms with Crippen LogP contribution in [0.5, 0.6) is 0 Å². The zero-order chi connectivity index (χ0) is 11.8. The van der Waals surface area contributed by atoms with Crippen molar-refractivity contribution in [3.05, 3.63) is 35.9 Å². The van der Waals surface area contributed by atoms with Gasteiger partial charge in [-0.05, 0) is 31.9 Å². The van der Waals surface area contributed by atoms with Gasteiger partial charge in [-0.1, -0.05) is 30.3 Å². The molecule has 0 aliphatic heterocycles. The van der Waals surface area contributed by atoms with Crippen molar-refractivity contribution in [2.24, 2.45) is 0 Å². The maximum atomic E-state index is 10.5. The highest BCUT2D eigenvalue weighted by Gasteiger charge is 2.08. The van der Waals surface area contributed by atoms with E-state index in [-0.39, 0.29) is 12.5 Å². The number of hydrogen-bond acceptors (Lipinski definition) is 2. The number of aliphatic carboxylic acids is 1. The Balaban J connectivity index is 2.31. The third-order valence-electron chi connectivity index (χ3n) is 2.74. The summed E-state index contributed by atoms with van der Waals surface area (Å²) in [5.74, 6) is -0.722. The van der Waals surface area contributed by atoms with Crippen LogP contribution in [0.15, 0.2) is 30.3 Å². The quantitative estimate of drug-likeness (QED) is 0.741. The maximum Gasteiger partial charge on any atom is 0.303 e. The van der Waals surface area contributed by atoms with Crippen LogP contribution >= 0.6 is 0 Å². The summed E-state index contributed by atoms with van der Waals surface area (Å²) in [6.45, 7) is 0. The normalized spacial score (nSPS) is 12.3. The van der Waals surface area contributed by atoms with Gasteiger partial charge >= 0.3 is 5.97 Å². The minimum absolute atomic E-state index is 0.236. The van der Waals surface area contributed by atoms with E-state index in [1.165, 1.54) is 5.56 Å². The van der Waals surface area contributed by atoms with E-state index in [2.05, 4.69) is 17.4 Å². The van der Waals surface area contributed by atoms with Crippen molar-refractivity contribution in [2.45, 2.75) is 31.7 Å². The number of rotatable bonds is 7. The van der Waals surface area contributed by atoms with Crippen LogP contribution in [0.25, 0.3) is 0 Å². The highest BCUT2D eigenvalue weighted by Crippen LogP contribution is 2.08. The predicted octanol–water partition coefficient (Wildman–Crippen LogP) is 2.07. The van der Waals surface area contributed by atoms with Gasteiger partial charge in [0.2, 0.25) is 0 Å². The van der Waals surface area contributed by atoms with Gasteiger partial charge < -0.3 is 10.4 Å². The van der Waals surface area contributed by atoms with Crippen molar-refractivity contribution in [3.8, 4) is 0 Å². The number of nitrogens with one attached hydrogen (secondary N) is 1. The molecule has 16 heavy (non-hydrogen) atoms. The standard InChI is InChI=1S/C13H19NO2/c1-14-12(9-10-13(15)16)8-7-11-5-3-2-4-6-11/h2-6,12,14H,7-10H2,1H3,(H,15,16). The molecule has 1 aromatic rings. The summed E-state index contributed by atoms with van der Waals surface area (Å²) < 4.78 is 0. The minimum Gasteiger partial charge on any atom is -0.481 e. The molecule has 3 nitrogen and oxygen atoms in total. The minimum atomic E-state index is -0.722. The van der Waals surface area contributed by atoms with Crippen LogP contribution in [0.2, 0.25) is 0 Å². The lowest BCUT2D eigenvalue weighted by Crippen LogP contribution is -2.26. The van der Waals surface area contributed by atoms with E-state index in [0.717, 1.165) is 12.8 Å². The van der Waals surface area contributed by atoms with Crippen molar-refractivity contribution in [1.82, 2.24) is 5.32 Å². The molecule has 3 heteroatoms. The molecule has 0 heterocycles. The summed E-state index contributed by atoms with van der Waals surface area (Å²) >= 11 is 0. The second-order valence-electron chi connectivity index (χ2n) is 3.94. The molecule has 0 aliphatic carbocycles. The Hall–Kier alpha value is -1.35. The monoisotopic (exact) mass is 221 g/mol. The predicted molar refractivity (Wildman–Crippen MR) is 64.5 cm³/mol. The molecule has 0 spiro atoms. The van der Waals surface area contributed by atoms with Gasteiger partial charge in [0.25, 0.3) is 0 Å². The highest BCUT2D eigenvalue weighted by molar-refractivity contribution is 5.66. The molecule has 0 radical (unpaired) electrons. The summed E-state index contributed by atoms with van der Waals surface area (Å²) in [5.41, 5.74) is 1.30. The average molecular weight is 221 g/mol. The number of carbonyl (C=O) groups is 1. The average Bonchev–Trinajstić information content (AvgIpc) is 2.30. The van der Waals surface area contributed by atoms with Crippen molar-refractivity contribution in [1.29, 1.82) is 0 Å². The van der Waals surface area contributed by atoms with E-state index in [9.17, 15) is 4.79 Å². The lowest BCUT2D eigenvalue weighted by molar-refractivity contribution is -0.137. The van der Waals surface area contributed by atoms with E-state index in [0.29, 0.717) is 6.42 Å². The molecule has 0 aliphatic rings. The first kappa shape index (κ1) is 12.7. The molecule has 0 amide bonds. The Morgan fingerprint density at radius 1 is 1.31 bits per heavy atom. The van der Waals surface area contributed by atoms with Crippen LogP contribution in [0.1, 0.15) is 24.8 Å². The van der Waals surface area contributed by atoms with Crippen LogP contribution in [0, 0.1) is 0 Å². The Kier molecular flexibility index (Phi) is 5.57. The Morgan fingerprint density at radius 2 is 2.00 bits per heavy atom. The summed E-state index contributed by atoms with van der Waals surface area (Å²) in [6.07, 6.45) is 2.90. The molecule has 0 fully saturated rings. The van der Waals surface area contributed by atoms with E-state index in [4.69, 9.17) is 5.11 Å². The summed E-state index contributed by atoms with van der Waals surface area (Å²) in [5, 5.41) is 11.8. The summed E-state index contributed by atoms with van der Waals surface area (Å²) in [7, 11) is 1.89. The van der Waals surface area contributed by atoms with Crippen molar-refractivity contribution < 1.29 is 9.90 Å². The Labute approximate surface area is 96.5 Å². The zero-order valence-corrected chi connectivity index (χ0v) is 9.65. The molecule has 0 bridgehead atoms. The van der Waals surface area contributed by atoms with Crippen LogP contribution in [0.3, 0.4) is 0 Å².